The van der Waals surface area contributed by atoms with Gasteiger partial charge in [-0.25, -0.2) is 0 Å². The minimum absolute atomic E-state index is 0.814. The van der Waals surface area contributed by atoms with Gasteiger partial charge in [0.2, 0.25) is 0 Å². The predicted molar refractivity (Wildman–Crippen MR) is 77.8 cm³/mol. The Kier molecular flexibility index (Phi) is 3.99. The van der Waals surface area contributed by atoms with Gasteiger partial charge in [0.05, 0.1) is 5.69 Å². The lowest BCUT2D eigenvalue weighted by Crippen LogP contribution is -2.49. The molecular weight excluding hydrogens is 236 g/mol. The quantitative estimate of drug-likeness (QED) is 0.899. The monoisotopic (exact) mass is 260 g/mol. The van der Waals surface area contributed by atoms with E-state index in [0.717, 1.165) is 37.1 Å². The van der Waals surface area contributed by atoms with Crippen molar-refractivity contribution in [2.24, 2.45) is 0 Å². The van der Waals surface area contributed by atoms with Crippen molar-refractivity contribution >= 4 is 5.69 Å². The Bertz CT molecular complexity index is 406. The smallest absolute Gasteiger partial charge is 0.0564 e. The summed E-state index contributed by atoms with van der Waals surface area (Å²) in [5.74, 6) is 0. The Balaban J connectivity index is 1.50. The van der Waals surface area contributed by atoms with Crippen LogP contribution in [-0.4, -0.2) is 47.0 Å². The number of nitrogen functional groups attached to an aromatic ring is 1. The van der Waals surface area contributed by atoms with E-state index in [1.54, 1.807) is 6.20 Å². The third-order valence-electron chi connectivity index (χ3n) is 4.47. The molecule has 0 spiro atoms. The number of anilines is 1. The fraction of sp³-hybridized carbons (Fsp3) is 0.667. The largest absolute Gasteiger partial charge is 0.399 e. The number of hydrogen-bond acceptors (Lipinski definition) is 4. The van der Waals surface area contributed by atoms with E-state index in [0.29, 0.717) is 0 Å². The minimum atomic E-state index is 0.814. The van der Waals surface area contributed by atoms with Gasteiger partial charge < -0.3 is 5.73 Å². The Labute approximate surface area is 115 Å². The van der Waals surface area contributed by atoms with Gasteiger partial charge in [-0.15, -0.1) is 0 Å². The second kappa shape index (κ2) is 5.88. The van der Waals surface area contributed by atoms with Gasteiger partial charge in [-0.3, -0.25) is 14.8 Å². The van der Waals surface area contributed by atoms with Gasteiger partial charge in [-0.1, -0.05) is 12.8 Å². The molecule has 2 aliphatic rings. The zero-order valence-electron chi connectivity index (χ0n) is 11.6. The summed E-state index contributed by atoms with van der Waals surface area (Å²) in [5, 5.41) is 0. The molecule has 0 unspecified atom stereocenters. The van der Waals surface area contributed by atoms with Gasteiger partial charge in [0.25, 0.3) is 0 Å². The molecular formula is C15H24N4. The van der Waals surface area contributed by atoms with Crippen LogP contribution in [0, 0.1) is 0 Å². The Morgan fingerprint density at radius 2 is 1.89 bits per heavy atom. The first-order chi connectivity index (χ1) is 9.31. The topological polar surface area (TPSA) is 45.4 Å². The average Bonchev–Trinajstić information content (AvgIpc) is 2.94. The Morgan fingerprint density at radius 3 is 2.58 bits per heavy atom. The van der Waals surface area contributed by atoms with E-state index in [9.17, 15) is 0 Å². The van der Waals surface area contributed by atoms with Crippen LogP contribution in [0.1, 0.15) is 31.4 Å². The van der Waals surface area contributed by atoms with Gasteiger partial charge in [0, 0.05) is 50.6 Å². The van der Waals surface area contributed by atoms with Crippen LogP contribution >= 0.6 is 0 Å². The second-order valence-corrected chi connectivity index (χ2v) is 5.83. The van der Waals surface area contributed by atoms with Gasteiger partial charge in [0.1, 0.15) is 0 Å². The maximum absolute atomic E-state index is 5.80. The molecule has 3 rings (SSSR count). The number of rotatable bonds is 3. The fourth-order valence-electron chi connectivity index (χ4n) is 3.37. The molecule has 0 radical (unpaired) electrons. The van der Waals surface area contributed by atoms with E-state index in [1.165, 1.54) is 38.8 Å². The third-order valence-corrected chi connectivity index (χ3v) is 4.47. The lowest BCUT2D eigenvalue weighted by Gasteiger charge is -2.37. The van der Waals surface area contributed by atoms with Crippen molar-refractivity contribution < 1.29 is 0 Å². The highest BCUT2D eigenvalue weighted by atomic mass is 15.3. The van der Waals surface area contributed by atoms with Crippen molar-refractivity contribution in [3.63, 3.8) is 0 Å². The molecule has 104 valence electrons. The first kappa shape index (κ1) is 12.9. The van der Waals surface area contributed by atoms with E-state index in [2.05, 4.69) is 14.8 Å². The van der Waals surface area contributed by atoms with Crippen molar-refractivity contribution in [3.05, 3.63) is 24.0 Å². The van der Waals surface area contributed by atoms with Crippen LogP contribution in [0.4, 0.5) is 5.69 Å². The van der Waals surface area contributed by atoms with Gasteiger partial charge in [-0.2, -0.15) is 0 Å². The highest BCUT2D eigenvalue weighted by Crippen LogP contribution is 2.24. The van der Waals surface area contributed by atoms with Crippen LogP contribution < -0.4 is 5.73 Å². The number of piperazine rings is 1. The van der Waals surface area contributed by atoms with E-state index in [4.69, 9.17) is 5.73 Å². The molecule has 0 atom stereocenters. The molecule has 0 aromatic carbocycles. The summed E-state index contributed by atoms with van der Waals surface area (Å²) in [7, 11) is 0. The van der Waals surface area contributed by atoms with Crippen LogP contribution in [0.2, 0.25) is 0 Å². The van der Waals surface area contributed by atoms with Crippen LogP contribution in [-0.2, 0) is 6.54 Å². The molecule has 1 aliphatic carbocycles. The minimum Gasteiger partial charge on any atom is -0.399 e. The summed E-state index contributed by atoms with van der Waals surface area (Å²) in [5.41, 5.74) is 7.71. The number of nitrogens with two attached hydrogens (primary N) is 1. The van der Waals surface area contributed by atoms with Crippen LogP contribution in [0.3, 0.4) is 0 Å². The van der Waals surface area contributed by atoms with Crippen LogP contribution in [0.15, 0.2) is 18.3 Å². The maximum Gasteiger partial charge on any atom is 0.0564 e. The molecule has 0 amide bonds. The number of aromatic nitrogens is 1. The molecule has 4 nitrogen and oxygen atoms in total. The summed E-state index contributed by atoms with van der Waals surface area (Å²) in [4.78, 5) is 9.58. The number of pyridine rings is 1. The molecule has 19 heavy (non-hydrogen) atoms. The average molecular weight is 260 g/mol. The first-order valence-electron chi connectivity index (χ1n) is 7.48. The van der Waals surface area contributed by atoms with Crippen LogP contribution in [0.5, 0.6) is 0 Å². The zero-order chi connectivity index (χ0) is 13.1. The SMILES string of the molecule is Nc1ccnc(CN2CCN(C3CCCC3)CC2)c1. The van der Waals surface area contributed by atoms with Crippen molar-refractivity contribution in [2.75, 3.05) is 31.9 Å². The molecule has 2 fully saturated rings. The number of hydrogen-bond donors (Lipinski definition) is 1. The standard InChI is InChI=1S/C15H24N4/c16-13-5-6-17-14(11-13)12-18-7-9-19(10-8-18)15-3-1-2-4-15/h5-6,11,15H,1-4,7-10,12H2,(H2,16,17). The van der Waals surface area contributed by atoms with E-state index >= 15 is 0 Å². The summed E-state index contributed by atoms with van der Waals surface area (Å²) >= 11 is 0. The van der Waals surface area contributed by atoms with Crippen LogP contribution in [0.25, 0.3) is 0 Å². The van der Waals surface area contributed by atoms with Crippen molar-refractivity contribution in [2.45, 2.75) is 38.3 Å². The highest BCUT2D eigenvalue weighted by Gasteiger charge is 2.26. The Hall–Kier alpha value is -1.13. The van der Waals surface area contributed by atoms with Gasteiger partial charge in [-0.05, 0) is 25.0 Å². The third kappa shape index (κ3) is 3.25. The first-order valence-corrected chi connectivity index (χ1v) is 7.48. The van der Waals surface area contributed by atoms with Crippen molar-refractivity contribution in [1.82, 2.24) is 14.8 Å². The molecule has 1 saturated carbocycles. The van der Waals surface area contributed by atoms with E-state index < -0.39 is 0 Å². The van der Waals surface area contributed by atoms with Gasteiger partial charge >= 0.3 is 0 Å². The summed E-state index contributed by atoms with van der Waals surface area (Å²) in [6.45, 7) is 5.68. The highest BCUT2D eigenvalue weighted by molar-refractivity contribution is 5.37. The predicted octanol–water partition coefficient (Wildman–Crippen LogP) is 1.72. The molecule has 2 N–H and O–H groups in total. The maximum atomic E-state index is 5.80. The molecule has 0 bridgehead atoms. The molecule has 1 aromatic rings. The summed E-state index contributed by atoms with van der Waals surface area (Å²) in [6.07, 6.45) is 7.49. The van der Waals surface area contributed by atoms with Crippen molar-refractivity contribution in [1.29, 1.82) is 0 Å². The van der Waals surface area contributed by atoms with Gasteiger partial charge in [0.15, 0.2) is 0 Å². The summed E-state index contributed by atoms with van der Waals surface area (Å²) in [6, 6.07) is 4.71. The Morgan fingerprint density at radius 1 is 1.16 bits per heavy atom. The van der Waals surface area contributed by atoms with E-state index in [-0.39, 0.29) is 0 Å². The fourth-order valence-corrected chi connectivity index (χ4v) is 3.37. The number of nitrogens with zero attached hydrogens (tertiary/aromatic N) is 3. The van der Waals surface area contributed by atoms with E-state index in [1.807, 2.05) is 12.1 Å². The molecule has 1 saturated heterocycles. The molecule has 1 aromatic heterocycles. The lowest BCUT2D eigenvalue weighted by molar-refractivity contribution is 0.0930. The summed E-state index contributed by atoms with van der Waals surface area (Å²) < 4.78 is 0. The molecule has 1 aliphatic heterocycles. The second-order valence-electron chi connectivity index (χ2n) is 5.83. The lowest BCUT2D eigenvalue weighted by atomic mass is 10.1. The molecule has 4 heteroatoms. The van der Waals surface area contributed by atoms with Crippen molar-refractivity contribution in [3.8, 4) is 0 Å². The zero-order valence-corrected chi connectivity index (χ0v) is 11.6. The molecule has 2 heterocycles. The normalized spacial score (nSPS) is 22.9.